The average Bonchev–Trinajstić information content (AvgIpc) is 3.36. The topological polar surface area (TPSA) is 143 Å². The number of aromatic hydroxyl groups is 1. The average molecular weight is 577 g/mol. The van der Waals surface area contributed by atoms with Crippen LogP contribution >= 0.6 is 0 Å². The first kappa shape index (κ1) is 28.4. The Morgan fingerprint density at radius 3 is 2.50 bits per heavy atom. The molecular weight excluding hydrogens is 550 g/mol. The highest BCUT2D eigenvalue weighted by molar-refractivity contribution is 6.09. The zero-order valence-corrected chi connectivity index (χ0v) is 22.4. The fourth-order valence-electron chi connectivity index (χ4n) is 4.68. The molecule has 1 atom stereocenters. The van der Waals surface area contributed by atoms with Crippen LogP contribution in [0, 0.1) is 11.6 Å². The summed E-state index contributed by atoms with van der Waals surface area (Å²) in [6.45, 7) is 1.52. The van der Waals surface area contributed by atoms with Crippen molar-refractivity contribution in [2.24, 2.45) is 5.16 Å². The van der Waals surface area contributed by atoms with E-state index in [9.17, 15) is 28.3 Å². The molecule has 5 rings (SSSR count). The Balaban J connectivity index is 1.43. The molecule has 216 valence electrons. The van der Waals surface area contributed by atoms with E-state index in [2.05, 4.69) is 10.5 Å². The van der Waals surface area contributed by atoms with Crippen LogP contribution < -0.4 is 10.9 Å². The lowest BCUT2D eigenvalue weighted by Crippen LogP contribution is -2.40. The summed E-state index contributed by atoms with van der Waals surface area (Å²) in [5.41, 5.74) is -0.0175. The number of oxime groups is 1. The predicted octanol–water partition coefficient (Wildman–Crippen LogP) is 4.69. The number of carboxylic acid groups (broad SMARTS) is 1. The van der Waals surface area contributed by atoms with Crippen molar-refractivity contribution in [3.63, 3.8) is 0 Å². The zero-order valence-electron chi connectivity index (χ0n) is 22.4. The van der Waals surface area contributed by atoms with Crippen molar-refractivity contribution in [3.05, 3.63) is 94.0 Å². The number of rotatable bonds is 9. The number of nitrogens with zero attached hydrogens (tertiary/aromatic N) is 3. The number of fused-ring (bicyclic) bond motifs is 1. The number of phenolic OH excluding ortho intramolecular Hbond substituents is 1. The van der Waals surface area contributed by atoms with Gasteiger partial charge < -0.3 is 20.4 Å². The van der Waals surface area contributed by atoms with E-state index in [1.54, 1.807) is 18.2 Å². The Morgan fingerprint density at radius 2 is 1.79 bits per heavy atom. The normalized spacial score (nSPS) is 16.2. The van der Waals surface area contributed by atoms with E-state index < -0.39 is 34.9 Å². The molecule has 0 radical (unpaired) electrons. The summed E-state index contributed by atoms with van der Waals surface area (Å²) in [6, 6.07) is 13.5. The summed E-state index contributed by atoms with van der Waals surface area (Å²) in [5, 5.41) is 25.8. The highest BCUT2D eigenvalue weighted by Crippen LogP contribution is 2.31. The molecule has 1 aliphatic heterocycles. The Hall–Kier alpha value is -5.13. The summed E-state index contributed by atoms with van der Waals surface area (Å²) in [4.78, 5) is 47.7. The van der Waals surface area contributed by atoms with E-state index in [-0.39, 0.29) is 24.1 Å². The van der Waals surface area contributed by atoms with Gasteiger partial charge in [0.05, 0.1) is 28.0 Å². The van der Waals surface area contributed by atoms with Crippen LogP contribution in [0.5, 0.6) is 5.75 Å². The van der Waals surface area contributed by atoms with Crippen molar-refractivity contribution >= 4 is 34.2 Å². The van der Waals surface area contributed by atoms with E-state index in [0.717, 1.165) is 12.1 Å². The molecule has 1 aliphatic rings. The summed E-state index contributed by atoms with van der Waals surface area (Å²) in [6.07, 6.45) is 1.19. The Kier molecular flexibility index (Phi) is 7.70. The van der Waals surface area contributed by atoms with Crippen molar-refractivity contribution in [2.75, 3.05) is 5.32 Å². The lowest BCUT2D eigenvalue weighted by Gasteiger charge is -2.20. The highest BCUT2D eigenvalue weighted by Gasteiger charge is 2.42. The molecule has 0 bridgehead atoms. The number of aliphatic carboxylic acids is 1. The standard InChI is InChI=1S/C30H26F2N4O6/c1-30(29(41)34-22-13-9-19(32)15-25(22)37)16-24(35-42-30)17-6-12-21-23(14-17)33-26(4-2-3-5-27(38)39)36(28(21)40)20-10-7-18(31)8-11-20/h6-15,37H,2-5,16H2,1H3,(H,34,41)(H,38,39)/t30-/m0/s1. The number of carboxylic acids is 1. The molecule has 42 heavy (non-hydrogen) atoms. The van der Waals surface area contributed by atoms with Crippen molar-refractivity contribution in [1.82, 2.24) is 9.55 Å². The number of halogens is 2. The monoisotopic (exact) mass is 576 g/mol. The van der Waals surface area contributed by atoms with Crippen molar-refractivity contribution < 1.29 is 33.4 Å². The SMILES string of the molecule is C[C@@]1(C(=O)Nc2ccc(F)cc2O)CC(c2ccc3c(=O)n(-c4ccc(F)cc4)c(CCCCC(=O)O)nc3c2)=NO1. The number of anilines is 1. The number of hydrogen-bond donors (Lipinski definition) is 3. The van der Waals surface area contributed by atoms with E-state index in [4.69, 9.17) is 14.9 Å². The molecule has 0 fully saturated rings. The minimum Gasteiger partial charge on any atom is -0.506 e. The Morgan fingerprint density at radius 1 is 1.05 bits per heavy atom. The maximum atomic E-state index is 13.6. The smallest absolute Gasteiger partial charge is 0.303 e. The number of nitrogens with one attached hydrogen (secondary N) is 1. The molecule has 0 spiro atoms. The van der Waals surface area contributed by atoms with Crippen LogP contribution in [-0.2, 0) is 20.8 Å². The minimum atomic E-state index is -1.43. The van der Waals surface area contributed by atoms with Gasteiger partial charge in [0.2, 0.25) is 5.60 Å². The predicted molar refractivity (Wildman–Crippen MR) is 150 cm³/mol. The first-order valence-electron chi connectivity index (χ1n) is 13.1. The fourth-order valence-corrected chi connectivity index (χ4v) is 4.68. The third kappa shape index (κ3) is 5.82. The molecular formula is C30H26F2N4O6. The van der Waals surface area contributed by atoms with E-state index >= 15 is 0 Å². The minimum absolute atomic E-state index is 0.0166. The van der Waals surface area contributed by atoms with Gasteiger partial charge in [-0.15, -0.1) is 0 Å². The van der Waals surface area contributed by atoms with Crippen LogP contribution in [0.1, 0.15) is 44.0 Å². The first-order chi connectivity index (χ1) is 20.0. The molecule has 0 saturated heterocycles. The maximum absolute atomic E-state index is 13.6. The lowest BCUT2D eigenvalue weighted by molar-refractivity contribution is -0.137. The van der Waals surface area contributed by atoms with Crippen molar-refractivity contribution in [3.8, 4) is 11.4 Å². The molecule has 10 nitrogen and oxygen atoms in total. The van der Waals surface area contributed by atoms with Gasteiger partial charge in [0.15, 0.2) is 0 Å². The van der Waals surface area contributed by atoms with Gasteiger partial charge >= 0.3 is 5.97 Å². The van der Waals surface area contributed by atoms with E-state index in [1.807, 2.05) is 0 Å². The summed E-state index contributed by atoms with van der Waals surface area (Å²) < 4.78 is 28.3. The number of amides is 1. The second-order valence-electron chi connectivity index (χ2n) is 10.1. The number of benzene rings is 3. The number of carbonyl (C=O) groups excluding carboxylic acids is 1. The molecule has 0 unspecified atom stereocenters. The molecule has 0 saturated carbocycles. The number of hydrogen-bond acceptors (Lipinski definition) is 7. The first-order valence-corrected chi connectivity index (χ1v) is 13.1. The third-order valence-electron chi connectivity index (χ3n) is 6.95. The largest absolute Gasteiger partial charge is 0.506 e. The van der Waals surface area contributed by atoms with Gasteiger partial charge in [-0.25, -0.2) is 13.8 Å². The molecule has 12 heteroatoms. The molecule has 2 heterocycles. The fraction of sp³-hybridized carbons (Fsp3) is 0.233. The van der Waals surface area contributed by atoms with Gasteiger partial charge in [-0.2, -0.15) is 0 Å². The van der Waals surface area contributed by atoms with Crippen LogP contribution in [0.15, 0.2) is 70.6 Å². The van der Waals surface area contributed by atoms with Gasteiger partial charge in [-0.05, 0) is 68.3 Å². The molecule has 3 N–H and O–H groups in total. The van der Waals surface area contributed by atoms with Gasteiger partial charge in [0.25, 0.3) is 11.5 Å². The number of unbranched alkanes of at least 4 members (excludes halogenated alkanes) is 1. The van der Waals surface area contributed by atoms with Gasteiger partial charge in [-0.3, -0.25) is 19.0 Å². The quantitative estimate of drug-likeness (QED) is 0.194. The van der Waals surface area contributed by atoms with Crippen LogP contribution in [0.3, 0.4) is 0 Å². The van der Waals surface area contributed by atoms with Crippen LogP contribution in [-0.4, -0.2) is 43.0 Å². The van der Waals surface area contributed by atoms with E-state index in [0.29, 0.717) is 53.0 Å². The number of aromatic nitrogens is 2. The third-order valence-corrected chi connectivity index (χ3v) is 6.95. The second kappa shape index (κ2) is 11.4. The highest BCUT2D eigenvalue weighted by atomic mass is 19.1. The van der Waals surface area contributed by atoms with Crippen LogP contribution in [0.4, 0.5) is 14.5 Å². The van der Waals surface area contributed by atoms with Crippen LogP contribution in [0.2, 0.25) is 0 Å². The van der Waals surface area contributed by atoms with E-state index in [1.165, 1.54) is 41.8 Å². The van der Waals surface area contributed by atoms with Gasteiger partial charge in [0, 0.05) is 30.9 Å². The molecule has 0 aliphatic carbocycles. The Bertz CT molecular complexity index is 1790. The summed E-state index contributed by atoms with van der Waals surface area (Å²) in [5.74, 6) is -2.68. The number of carbonyl (C=O) groups is 2. The van der Waals surface area contributed by atoms with Gasteiger partial charge in [0.1, 0.15) is 23.2 Å². The van der Waals surface area contributed by atoms with Gasteiger partial charge in [-0.1, -0.05) is 11.2 Å². The second-order valence-corrected chi connectivity index (χ2v) is 10.1. The number of phenols is 1. The molecule has 1 amide bonds. The molecule has 3 aromatic carbocycles. The molecule has 4 aromatic rings. The zero-order chi connectivity index (χ0) is 30.0. The molecule has 1 aromatic heterocycles. The lowest BCUT2D eigenvalue weighted by atomic mass is 9.94. The Labute approximate surface area is 237 Å². The number of aryl methyl sites for hydroxylation is 1. The summed E-state index contributed by atoms with van der Waals surface area (Å²) in [7, 11) is 0. The van der Waals surface area contributed by atoms with Crippen molar-refractivity contribution in [1.29, 1.82) is 0 Å². The maximum Gasteiger partial charge on any atom is 0.303 e. The summed E-state index contributed by atoms with van der Waals surface area (Å²) >= 11 is 0. The van der Waals surface area contributed by atoms with Crippen LogP contribution in [0.25, 0.3) is 16.6 Å². The van der Waals surface area contributed by atoms with Crippen molar-refractivity contribution in [2.45, 2.75) is 44.6 Å².